The molecule has 0 spiro atoms. The fraction of sp³-hybridized carbons (Fsp3) is 0.765. The van der Waals surface area contributed by atoms with Gasteiger partial charge in [0.15, 0.2) is 5.96 Å². The molecule has 23 heavy (non-hydrogen) atoms. The van der Waals surface area contributed by atoms with Gasteiger partial charge in [0.05, 0.1) is 24.4 Å². The highest BCUT2D eigenvalue weighted by molar-refractivity contribution is 5.79. The minimum absolute atomic E-state index is 0.0609. The van der Waals surface area contributed by atoms with Crippen molar-refractivity contribution in [2.24, 2.45) is 4.99 Å². The number of rotatable bonds is 4. The van der Waals surface area contributed by atoms with Crippen LogP contribution in [0, 0.1) is 6.92 Å². The quantitative estimate of drug-likeness (QED) is 0.681. The lowest BCUT2D eigenvalue weighted by atomic mass is 10.1. The summed E-state index contributed by atoms with van der Waals surface area (Å²) in [4.78, 5) is 6.73. The van der Waals surface area contributed by atoms with Crippen molar-refractivity contribution >= 4 is 5.96 Å². The van der Waals surface area contributed by atoms with Crippen LogP contribution in [0.5, 0.6) is 0 Å². The standard InChI is InChI=1S/C17H31N5O/c1-14-12-20-22(13-14)11-8-19-16(18-5)21-9-6-15(7-10-21)23-17(2,3)4/h12-13,15H,6-11H2,1-5H3,(H,18,19). The Morgan fingerprint density at radius 1 is 1.39 bits per heavy atom. The van der Waals surface area contributed by atoms with E-state index in [2.05, 4.69) is 54.2 Å². The van der Waals surface area contributed by atoms with Gasteiger partial charge in [0.2, 0.25) is 0 Å². The van der Waals surface area contributed by atoms with Crippen molar-refractivity contribution in [1.29, 1.82) is 0 Å². The van der Waals surface area contributed by atoms with Gasteiger partial charge in [0.1, 0.15) is 0 Å². The molecule has 1 aromatic heterocycles. The fourth-order valence-corrected chi connectivity index (χ4v) is 2.89. The number of nitrogens with one attached hydrogen (secondary N) is 1. The predicted octanol–water partition coefficient (Wildman–Crippen LogP) is 2.05. The summed E-state index contributed by atoms with van der Waals surface area (Å²) in [6, 6.07) is 0. The van der Waals surface area contributed by atoms with Gasteiger partial charge in [-0.2, -0.15) is 5.10 Å². The molecule has 2 rings (SSSR count). The van der Waals surface area contributed by atoms with Crippen LogP contribution in [0.3, 0.4) is 0 Å². The summed E-state index contributed by atoms with van der Waals surface area (Å²) >= 11 is 0. The van der Waals surface area contributed by atoms with E-state index < -0.39 is 0 Å². The summed E-state index contributed by atoms with van der Waals surface area (Å²) in [6.07, 6.45) is 6.40. The van der Waals surface area contributed by atoms with Crippen molar-refractivity contribution in [3.63, 3.8) is 0 Å². The first-order valence-corrected chi connectivity index (χ1v) is 8.50. The van der Waals surface area contributed by atoms with Crippen molar-refractivity contribution < 1.29 is 4.74 Å². The van der Waals surface area contributed by atoms with Gasteiger partial charge >= 0.3 is 0 Å². The maximum atomic E-state index is 6.08. The third-order valence-electron chi connectivity index (χ3n) is 3.86. The largest absolute Gasteiger partial charge is 0.372 e. The summed E-state index contributed by atoms with van der Waals surface area (Å²) in [6.45, 7) is 12.1. The monoisotopic (exact) mass is 321 g/mol. The number of nitrogens with zero attached hydrogens (tertiary/aromatic N) is 4. The molecule has 0 bridgehead atoms. The van der Waals surface area contributed by atoms with Gasteiger partial charge in [-0.25, -0.2) is 0 Å². The highest BCUT2D eigenvalue weighted by atomic mass is 16.5. The van der Waals surface area contributed by atoms with Crippen molar-refractivity contribution in [3.05, 3.63) is 18.0 Å². The summed E-state index contributed by atoms with van der Waals surface area (Å²) in [5.41, 5.74) is 1.13. The molecule has 0 unspecified atom stereocenters. The Bertz CT molecular complexity index is 509. The van der Waals surface area contributed by atoms with Crippen LogP contribution in [0.4, 0.5) is 0 Å². The number of likely N-dealkylation sites (tertiary alicyclic amines) is 1. The molecule has 1 aliphatic rings. The van der Waals surface area contributed by atoms with Gasteiger partial charge in [-0.15, -0.1) is 0 Å². The van der Waals surface area contributed by atoms with E-state index in [4.69, 9.17) is 4.74 Å². The van der Waals surface area contributed by atoms with Gasteiger partial charge in [-0.3, -0.25) is 9.67 Å². The molecule has 1 saturated heterocycles. The van der Waals surface area contributed by atoms with Crippen LogP contribution in [0.25, 0.3) is 0 Å². The van der Waals surface area contributed by atoms with E-state index in [1.165, 1.54) is 5.56 Å². The van der Waals surface area contributed by atoms with E-state index in [0.717, 1.165) is 45.0 Å². The maximum Gasteiger partial charge on any atom is 0.193 e. The smallest absolute Gasteiger partial charge is 0.193 e. The lowest BCUT2D eigenvalue weighted by Crippen LogP contribution is -2.48. The molecule has 0 radical (unpaired) electrons. The Morgan fingerprint density at radius 2 is 2.09 bits per heavy atom. The molecule has 0 atom stereocenters. The molecule has 6 heteroatoms. The van der Waals surface area contributed by atoms with Crippen LogP contribution in [-0.2, 0) is 11.3 Å². The Hall–Kier alpha value is -1.56. The highest BCUT2D eigenvalue weighted by Gasteiger charge is 2.25. The topological polar surface area (TPSA) is 54.7 Å². The third kappa shape index (κ3) is 5.86. The zero-order valence-electron chi connectivity index (χ0n) is 15.2. The Balaban J connectivity index is 1.74. The average molecular weight is 321 g/mol. The summed E-state index contributed by atoms with van der Waals surface area (Å²) < 4.78 is 8.04. The Morgan fingerprint density at radius 3 is 2.61 bits per heavy atom. The van der Waals surface area contributed by atoms with E-state index in [9.17, 15) is 0 Å². The third-order valence-corrected chi connectivity index (χ3v) is 3.86. The lowest BCUT2D eigenvalue weighted by molar-refractivity contribution is -0.0772. The molecular formula is C17H31N5O. The molecule has 0 aromatic carbocycles. The van der Waals surface area contributed by atoms with Gasteiger partial charge in [0, 0.05) is 32.9 Å². The zero-order valence-corrected chi connectivity index (χ0v) is 15.2. The first-order chi connectivity index (χ1) is 10.9. The predicted molar refractivity (Wildman–Crippen MR) is 93.8 cm³/mol. The number of ether oxygens (including phenoxy) is 1. The van der Waals surface area contributed by atoms with E-state index in [-0.39, 0.29) is 5.60 Å². The molecule has 1 fully saturated rings. The summed E-state index contributed by atoms with van der Waals surface area (Å²) in [5, 5.41) is 7.74. The summed E-state index contributed by atoms with van der Waals surface area (Å²) in [5.74, 6) is 0.975. The normalized spacial score (nSPS) is 17.6. The minimum Gasteiger partial charge on any atom is -0.372 e. The van der Waals surface area contributed by atoms with Gasteiger partial charge in [0.25, 0.3) is 0 Å². The second-order valence-electron chi connectivity index (χ2n) is 7.17. The minimum atomic E-state index is -0.0609. The second-order valence-corrected chi connectivity index (χ2v) is 7.17. The Labute approximate surface area is 139 Å². The van der Waals surface area contributed by atoms with Crippen LogP contribution in [0.15, 0.2) is 17.4 Å². The van der Waals surface area contributed by atoms with Gasteiger partial charge in [-0.1, -0.05) is 0 Å². The molecule has 0 aliphatic carbocycles. The molecule has 1 aromatic rings. The molecule has 1 aliphatic heterocycles. The van der Waals surface area contributed by atoms with Crippen molar-refractivity contribution in [2.45, 2.75) is 58.8 Å². The van der Waals surface area contributed by atoms with E-state index in [0.29, 0.717) is 6.10 Å². The number of hydrogen-bond acceptors (Lipinski definition) is 3. The molecule has 1 N–H and O–H groups in total. The molecule has 2 heterocycles. The van der Waals surface area contributed by atoms with Crippen molar-refractivity contribution in [2.75, 3.05) is 26.7 Å². The van der Waals surface area contributed by atoms with Gasteiger partial charge < -0.3 is 15.0 Å². The summed E-state index contributed by atoms with van der Waals surface area (Å²) in [7, 11) is 1.85. The molecule has 130 valence electrons. The van der Waals surface area contributed by atoms with Crippen LogP contribution in [0.2, 0.25) is 0 Å². The maximum absolute atomic E-state index is 6.08. The van der Waals surface area contributed by atoms with Crippen molar-refractivity contribution in [1.82, 2.24) is 20.0 Å². The van der Waals surface area contributed by atoms with E-state index >= 15 is 0 Å². The number of guanidine groups is 1. The van der Waals surface area contributed by atoms with Crippen molar-refractivity contribution in [3.8, 4) is 0 Å². The molecule has 6 nitrogen and oxygen atoms in total. The number of aromatic nitrogens is 2. The first-order valence-electron chi connectivity index (χ1n) is 8.50. The molecular weight excluding hydrogens is 290 g/mol. The van der Waals surface area contributed by atoms with E-state index in [1.54, 1.807) is 0 Å². The molecule has 0 amide bonds. The Kier molecular flexibility index (Phi) is 6.04. The SMILES string of the molecule is CN=C(NCCn1cc(C)cn1)N1CCC(OC(C)(C)C)CC1. The molecule has 0 saturated carbocycles. The number of aliphatic imine (C=N–C) groups is 1. The zero-order chi connectivity index (χ0) is 16.9. The van der Waals surface area contributed by atoms with E-state index in [1.807, 2.05) is 17.9 Å². The fourth-order valence-electron chi connectivity index (χ4n) is 2.89. The average Bonchev–Trinajstić information content (AvgIpc) is 2.89. The number of piperidine rings is 1. The second kappa shape index (κ2) is 7.81. The highest BCUT2D eigenvalue weighted by Crippen LogP contribution is 2.20. The van der Waals surface area contributed by atoms with Gasteiger partial charge in [-0.05, 0) is 46.1 Å². The lowest BCUT2D eigenvalue weighted by Gasteiger charge is -2.36. The number of aryl methyl sites for hydroxylation is 1. The first kappa shape index (κ1) is 17.8. The van der Waals surface area contributed by atoms with Crippen LogP contribution < -0.4 is 5.32 Å². The van der Waals surface area contributed by atoms with Crippen LogP contribution in [-0.4, -0.2) is 59.0 Å². The van der Waals surface area contributed by atoms with Crippen LogP contribution >= 0.6 is 0 Å². The van der Waals surface area contributed by atoms with Crippen LogP contribution in [0.1, 0.15) is 39.2 Å². The number of hydrogen-bond donors (Lipinski definition) is 1.